The predicted molar refractivity (Wildman–Crippen MR) is 89.0 cm³/mol. The Morgan fingerprint density at radius 1 is 1.57 bits per heavy atom. The van der Waals surface area contributed by atoms with Crippen LogP contribution in [-0.4, -0.2) is 23.8 Å². The summed E-state index contributed by atoms with van der Waals surface area (Å²) in [6.07, 6.45) is 1.52. The number of nitrogens with one attached hydrogen (secondary N) is 2. The number of anilines is 1. The van der Waals surface area contributed by atoms with Crippen molar-refractivity contribution in [2.45, 2.75) is 45.8 Å². The van der Waals surface area contributed by atoms with Gasteiger partial charge >= 0.3 is 6.03 Å². The standard InChI is InChI=1S/C16H21N3O3S/c1-4-12-14(9(2)19-22-12)18-16(20)17-10(3)15-11-6-8-23-13(11)5-7-21-15/h6,8,10,15H,4-5,7H2,1-3H3,(H2,17,18,20)/t10-,15-/m0/s1. The van der Waals surface area contributed by atoms with Gasteiger partial charge in [0.25, 0.3) is 0 Å². The minimum absolute atomic E-state index is 0.107. The molecule has 0 aromatic carbocycles. The van der Waals surface area contributed by atoms with E-state index in [0.717, 1.165) is 6.42 Å². The highest BCUT2D eigenvalue weighted by molar-refractivity contribution is 7.10. The molecule has 6 nitrogen and oxygen atoms in total. The zero-order valence-electron chi connectivity index (χ0n) is 13.5. The Balaban J connectivity index is 1.66. The molecule has 7 heteroatoms. The van der Waals surface area contributed by atoms with Crippen LogP contribution in [0, 0.1) is 6.92 Å². The second kappa shape index (κ2) is 6.72. The van der Waals surface area contributed by atoms with E-state index in [9.17, 15) is 4.79 Å². The average molecular weight is 335 g/mol. The molecule has 0 bridgehead atoms. The minimum atomic E-state index is -0.274. The smallest absolute Gasteiger partial charge is 0.319 e. The van der Waals surface area contributed by atoms with Gasteiger partial charge in [-0.25, -0.2) is 4.79 Å². The van der Waals surface area contributed by atoms with Crippen LogP contribution in [0.2, 0.25) is 0 Å². The van der Waals surface area contributed by atoms with Crippen LogP contribution in [0.1, 0.15) is 41.8 Å². The van der Waals surface area contributed by atoms with E-state index in [1.54, 1.807) is 11.3 Å². The maximum atomic E-state index is 12.3. The molecule has 3 rings (SSSR count). The number of rotatable bonds is 4. The number of ether oxygens (including phenoxy) is 1. The highest BCUT2D eigenvalue weighted by atomic mass is 32.1. The van der Waals surface area contributed by atoms with Gasteiger partial charge in [0.15, 0.2) is 5.76 Å². The number of hydrogen-bond acceptors (Lipinski definition) is 5. The molecule has 0 saturated carbocycles. The number of carbonyl (C=O) groups is 1. The summed E-state index contributed by atoms with van der Waals surface area (Å²) in [5.41, 5.74) is 2.51. The van der Waals surface area contributed by atoms with Crippen LogP contribution in [0.3, 0.4) is 0 Å². The molecule has 0 aliphatic carbocycles. The highest BCUT2D eigenvalue weighted by Gasteiger charge is 2.28. The molecule has 0 spiro atoms. The van der Waals surface area contributed by atoms with Crippen molar-refractivity contribution in [1.82, 2.24) is 10.5 Å². The first kappa shape index (κ1) is 16.0. The van der Waals surface area contributed by atoms with Gasteiger partial charge in [-0.3, -0.25) is 0 Å². The molecule has 3 heterocycles. The summed E-state index contributed by atoms with van der Waals surface area (Å²) in [5, 5.41) is 11.8. The predicted octanol–water partition coefficient (Wildman–Crippen LogP) is 3.43. The fourth-order valence-corrected chi connectivity index (χ4v) is 3.74. The van der Waals surface area contributed by atoms with E-state index >= 15 is 0 Å². The molecule has 1 aliphatic rings. The van der Waals surface area contributed by atoms with Gasteiger partial charge in [-0.2, -0.15) is 0 Å². The SMILES string of the molecule is CCc1onc(C)c1NC(=O)N[C@@H](C)[C@@H]1OCCc2sccc21. The van der Waals surface area contributed by atoms with E-state index in [1.807, 2.05) is 20.8 Å². The second-order valence-corrected chi connectivity index (χ2v) is 6.65. The van der Waals surface area contributed by atoms with E-state index in [-0.39, 0.29) is 18.2 Å². The molecule has 2 amide bonds. The molecular formula is C16H21N3O3S. The van der Waals surface area contributed by atoms with Crippen molar-refractivity contribution in [3.8, 4) is 0 Å². The number of fused-ring (bicyclic) bond motifs is 1. The third-order valence-corrected chi connectivity index (χ3v) is 5.02. The van der Waals surface area contributed by atoms with E-state index in [1.165, 1.54) is 10.4 Å². The molecule has 2 atom stereocenters. The molecule has 0 unspecified atom stereocenters. The van der Waals surface area contributed by atoms with Crippen LogP contribution in [0.5, 0.6) is 0 Å². The van der Waals surface area contributed by atoms with Crippen molar-refractivity contribution < 1.29 is 14.1 Å². The summed E-state index contributed by atoms with van der Waals surface area (Å²) in [6.45, 7) is 6.41. The molecule has 0 radical (unpaired) electrons. The van der Waals surface area contributed by atoms with Crippen molar-refractivity contribution in [2.24, 2.45) is 0 Å². The van der Waals surface area contributed by atoms with Gasteiger partial charge in [0.1, 0.15) is 17.5 Å². The molecule has 0 saturated heterocycles. The first-order valence-electron chi connectivity index (χ1n) is 7.80. The minimum Gasteiger partial charge on any atom is -0.371 e. The van der Waals surface area contributed by atoms with Gasteiger partial charge in [0, 0.05) is 17.7 Å². The lowest BCUT2D eigenvalue weighted by molar-refractivity contribution is 0.0238. The Morgan fingerprint density at radius 2 is 2.39 bits per heavy atom. The molecular weight excluding hydrogens is 314 g/mol. The van der Waals surface area contributed by atoms with Crippen LogP contribution in [-0.2, 0) is 17.6 Å². The topological polar surface area (TPSA) is 76.4 Å². The summed E-state index contributed by atoms with van der Waals surface area (Å²) >= 11 is 1.75. The zero-order chi connectivity index (χ0) is 16.4. The summed E-state index contributed by atoms with van der Waals surface area (Å²) in [7, 11) is 0. The monoisotopic (exact) mass is 335 g/mol. The lowest BCUT2D eigenvalue weighted by Gasteiger charge is -2.29. The number of carbonyl (C=O) groups excluding carboxylic acids is 1. The number of amides is 2. The van der Waals surface area contributed by atoms with Gasteiger partial charge < -0.3 is 19.9 Å². The largest absolute Gasteiger partial charge is 0.371 e. The van der Waals surface area contributed by atoms with E-state index in [2.05, 4.69) is 27.2 Å². The molecule has 2 aromatic rings. The van der Waals surface area contributed by atoms with Gasteiger partial charge in [0.05, 0.1) is 12.6 Å². The fourth-order valence-electron chi connectivity index (χ4n) is 2.84. The number of aromatic nitrogens is 1. The fraction of sp³-hybridized carbons (Fsp3) is 0.500. The van der Waals surface area contributed by atoms with Crippen LogP contribution >= 0.6 is 11.3 Å². The van der Waals surface area contributed by atoms with E-state index in [4.69, 9.17) is 9.26 Å². The van der Waals surface area contributed by atoms with Crippen LogP contribution in [0.25, 0.3) is 0 Å². The average Bonchev–Trinajstić information content (AvgIpc) is 3.14. The zero-order valence-corrected chi connectivity index (χ0v) is 14.3. The summed E-state index contributed by atoms with van der Waals surface area (Å²) in [5.74, 6) is 0.680. The second-order valence-electron chi connectivity index (χ2n) is 5.65. The Labute approximate surface area is 139 Å². The van der Waals surface area contributed by atoms with Gasteiger partial charge in [0.2, 0.25) is 0 Å². The maximum Gasteiger partial charge on any atom is 0.319 e. The van der Waals surface area contributed by atoms with Crippen molar-refractivity contribution in [3.05, 3.63) is 33.3 Å². The van der Waals surface area contributed by atoms with Crippen molar-refractivity contribution in [1.29, 1.82) is 0 Å². The van der Waals surface area contributed by atoms with E-state index < -0.39 is 0 Å². The third-order valence-electron chi connectivity index (χ3n) is 4.02. The first-order chi connectivity index (χ1) is 11.1. The lowest BCUT2D eigenvalue weighted by Crippen LogP contribution is -2.41. The Bertz CT molecular complexity index is 695. The Hall–Kier alpha value is -1.86. The van der Waals surface area contributed by atoms with Crippen LogP contribution in [0.4, 0.5) is 10.5 Å². The highest BCUT2D eigenvalue weighted by Crippen LogP contribution is 2.33. The molecule has 2 N–H and O–H groups in total. The van der Waals surface area contributed by atoms with Gasteiger partial charge in [-0.05, 0) is 30.9 Å². The molecule has 0 fully saturated rings. The number of hydrogen-bond donors (Lipinski definition) is 2. The molecule has 23 heavy (non-hydrogen) atoms. The number of nitrogens with zero attached hydrogens (tertiary/aromatic N) is 1. The van der Waals surface area contributed by atoms with E-state index in [0.29, 0.717) is 30.2 Å². The normalized spacial score (nSPS) is 18.3. The maximum absolute atomic E-state index is 12.3. The Kier molecular flexibility index (Phi) is 4.68. The quantitative estimate of drug-likeness (QED) is 0.897. The summed E-state index contributed by atoms with van der Waals surface area (Å²) in [4.78, 5) is 13.6. The van der Waals surface area contributed by atoms with Crippen LogP contribution in [0.15, 0.2) is 16.0 Å². The van der Waals surface area contributed by atoms with Crippen molar-refractivity contribution >= 4 is 23.1 Å². The lowest BCUT2D eigenvalue weighted by atomic mass is 10.0. The number of urea groups is 1. The van der Waals surface area contributed by atoms with Gasteiger partial charge in [-0.15, -0.1) is 11.3 Å². The Morgan fingerprint density at radius 3 is 3.17 bits per heavy atom. The summed E-state index contributed by atoms with van der Waals surface area (Å²) in [6, 6.07) is 1.68. The number of aryl methyl sites for hydroxylation is 2. The third kappa shape index (κ3) is 3.25. The summed E-state index contributed by atoms with van der Waals surface area (Å²) < 4.78 is 11.0. The molecule has 2 aromatic heterocycles. The van der Waals surface area contributed by atoms with Crippen LogP contribution < -0.4 is 10.6 Å². The van der Waals surface area contributed by atoms with Crippen molar-refractivity contribution in [2.75, 3.05) is 11.9 Å². The van der Waals surface area contributed by atoms with Gasteiger partial charge in [-0.1, -0.05) is 12.1 Å². The first-order valence-corrected chi connectivity index (χ1v) is 8.68. The van der Waals surface area contributed by atoms with Crippen molar-refractivity contribution in [3.63, 3.8) is 0 Å². The molecule has 1 aliphatic heterocycles. The number of thiophene rings is 1. The molecule has 124 valence electrons.